The molecule has 17 heavy (non-hydrogen) atoms. The maximum atomic E-state index is 13.3. The molecule has 1 aliphatic rings. The second kappa shape index (κ2) is 6.12. The number of rotatable bonds is 4. The van der Waals surface area contributed by atoms with Crippen molar-refractivity contribution < 1.29 is 4.39 Å². The van der Waals surface area contributed by atoms with Crippen molar-refractivity contribution >= 4 is 0 Å². The highest BCUT2D eigenvalue weighted by molar-refractivity contribution is 5.22. The summed E-state index contributed by atoms with van der Waals surface area (Å²) in [4.78, 5) is 0. The van der Waals surface area contributed by atoms with Crippen molar-refractivity contribution in [2.24, 2.45) is 5.92 Å². The van der Waals surface area contributed by atoms with Gasteiger partial charge < -0.3 is 10.6 Å². The summed E-state index contributed by atoms with van der Waals surface area (Å²) in [6.07, 6.45) is 2.45. The first-order chi connectivity index (χ1) is 8.31. The van der Waals surface area contributed by atoms with Crippen LogP contribution < -0.4 is 10.6 Å². The predicted molar refractivity (Wildman–Crippen MR) is 68.7 cm³/mol. The second-order valence-corrected chi connectivity index (χ2v) is 4.83. The number of hydrogen-bond donors (Lipinski definition) is 2. The van der Waals surface area contributed by atoms with Crippen molar-refractivity contribution in [1.82, 2.24) is 10.6 Å². The SMILES string of the molecule is CNCC(c1cccc(F)c1)C1CCCNC1. The number of hydrogen-bond acceptors (Lipinski definition) is 2. The van der Waals surface area contributed by atoms with E-state index in [-0.39, 0.29) is 5.82 Å². The maximum Gasteiger partial charge on any atom is 0.123 e. The van der Waals surface area contributed by atoms with Crippen LogP contribution in [-0.4, -0.2) is 26.7 Å². The number of nitrogens with one attached hydrogen (secondary N) is 2. The largest absolute Gasteiger partial charge is 0.319 e. The van der Waals surface area contributed by atoms with Crippen LogP contribution in [0.3, 0.4) is 0 Å². The average molecular weight is 236 g/mol. The lowest BCUT2D eigenvalue weighted by Crippen LogP contribution is -2.36. The number of benzene rings is 1. The number of halogens is 1. The molecule has 94 valence electrons. The molecule has 1 aliphatic heterocycles. The van der Waals surface area contributed by atoms with E-state index in [4.69, 9.17) is 0 Å². The van der Waals surface area contributed by atoms with Gasteiger partial charge in [-0.1, -0.05) is 12.1 Å². The lowest BCUT2D eigenvalue weighted by molar-refractivity contribution is 0.317. The summed E-state index contributed by atoms with van der Waals surface area (Å²) in [5.74, 6) is 0.883. The van der Waals surface area contributed by atoms with E-state index in [0.29, 0.717) is 11.8 Å². The Morgan fingerprint density at radius 1 is 1.53 bits per heavy atom. The van der Waals surface area contributed by atoms with Gasteiger partial charge >= 0.3 is 0 Å². The van der Waals surface area contributed by atoms with E-state index in [1.807, 2.05) is 19.2 Å². The zero-order valence-electron chi connectivity index (χ0n) is 10.4. The van der Waals surface area contributed by atoms with Crippen LogP contribution in [0.2, 0.25) is 0 Å². The molecule has 2 unspecified atom stereocenters. The number of likely N-dealkylation sites (N-methyl/N-ethyl adjacent to an activating group) is 1. The summed E-state index contributed by atoms with van der Waals surface area (Å²) in [6, 6.07) is 7.04. The molecule has 1 saturated heterocycles. The van der Waals surface area contributed by atoms with E-state index in [1.54, 1.807) is 6.07 Å². The van der Waals surface area contributed by atoms with E-state index >= 15 is 0 Å². The Labute approximate surface area is 103 Å². The predicted octanol–water partition coefficient (Wildman–Crippen LogP) is 2.13. The lowest BCUT2D eigenvalue weighted by Gasteiger charge is -2.31. The van der Waals surface area contributed by atoms with Crippen molar-refractivity contribution in [3.05, 3.63) is 35.6 Å². The van der Waals surface area contributed by atoms with Gasteiger partial charge in [0.15, 0.2) is 0 Å². The molecule has 0 amide bonds. The summed E-state index contributed by atoms with van der Waals surface area (Å²) in [6.45, 7) is 3.07. The highest BCUT2D eigenvalue weighted by Crippen LogP contribution is 2.29. The van der Waals surface area contributed by atoms with Gasteiger partial charge in [-0.25, -0.2) is 4.39 Å². The van der Waals surface area contributed by atoms with E-state index in [1.165, 1.54) is 18.9 Å². The van der Waals surface area contributed by atoms with Crippen LogP contribution in [0.1, 0.15) is 24.3 Å². The van der Waals surface area contributed by atoms with Crippen molar-refractivity contribution in [3.8, 4) is 0 Å². The molecule has 2 N–H and O–H groups in total. The zero-order chi connectivity index (χ0) is 12.1. The minimum atomic E-state index is -0.132. The van der Waals surface area contributed by atoms with Gasteiger partial charge in [-0.05, 0) is 56.6 Å². The quantitative estimate of drug-likeness (QED) is 0.837. The van der Waals surface area contributed by atoms with Gasteiger partial charge in [0.05, 0.1) is 0 Å². The molecule has 1 aromatic rings. The average Bonchev–Trinajstić information content (AvgIpc) is 2.37. The van der Waals surface area contributed by atoms with Crippen molar-refractivity contribution in [3.63, 3.8) is 0 Å². The summed E-state index contributed by atoms with van der Waals surface area (Å²) < 4.78 is 13.3. The summed E-state index contributed by atoms with van der Waals surface area (Å²) in [7, 11) is 1.96. The summed E-state index contributed by atoms with van der Waals surface area (Å²) >= 11 is 0. The standard InChI is InChI=1S/C14H21FN2/c1-16-10-14(12-5-3-7-17-9-12)11-4-2-6-13(15)8-11/h2,4,6,8,12,14,16-17H,3,5,7,9-10H2,1H3. The molecule has 2 nitrogen and oxygen atoms in total. The van der Waals surface area contributed by atoms with E-state index in [2.05, 4.69) is 10.6 Å². The second-order valence-electron chi connectivity index (χ2n) is 4.83. The Morgan fingerprint density at radius 3 is 3.06 bits per heavy atom. The molecule has 3 heteroatoms. The smallest absolute Gasteiger partial charge is 0.123 e. The van der Waals surface area contributed by atoms with E-state index in [0.717, 1.165) is 25.2 Å². The van der Waals surface area contributed by atoms with Gasteiger partial charge in [0.25, 0.3) is 0 Å². The third kappa shape index (κ3) is 3.27. The van der Waals surface area contributed by atoms with Crippen LogP contribution in [0.15, 0.2) is 24.3 Å². The topological polar surface area (TPSA) is 24.1 Å². The fourth-order valence-corrected chi connectivity index (χ4v) is 2.74. The molecule has 1 fully saturated rings. The molecule has 1 aromatic carbocycles. The molecule has 2 rings (SSSR count). The van der Waals surface area contributed by atoms with Gasteiger partial charge in [-0.15, -0.1) is 0 Å². The van der Waals surface area contributed by atoms with Crippen molar-refractivity contribution in [1.29, 1.82) is 0 Å². The first kappa shape index (κ1) is 12.5. The highest BCUT2D eigenvalue weighted by Gasteiger charge is 2.24. The van der Waals surface area contributed by atoms with Crippen molar-refractivity contribution in [2.45, 2.75) is 18.8 Å². The van der Waals surface area contributed by atoms with Gasteiger partial charge in [0, 0.05) is 12.5 Å². The monoisotopic (exact) mass is 236 g/mol. The van der Waals surface area contributed by atoms with E-state index in [9.17, 15) is 4.39 Å². The highest BCUT2D eigenvalue weighted by atomic mass is 19.1. The molecular formula is C14H21FN2. The third-order valence-electron chi connectivity index (χ3n) is 3.60. The Morgan fingerprint density at radius 2 is 2.41 bits per heavy atom. The van der Waals surface area contributed by atoms with Crippen LogP contribution in [0, 0.1) is 11.7 Å². The Balaban J connectivity index is 2.15. The minimum Gasteiger partial charge on any atom is -0.319 e. The van der Waals surface area contributed by atoms with Gasteiger partial charge in [0.1, 0.15) is 5.82 Å². The molecule has 0 saturated carbocycles. The molecule has 2 atom stereocenters. The fraction of sp³-hybridized carbons (Fsp3) is 0.571. The molecule has 0 aromatic heterocycles. The molecule has 0 radical (unpaired) electrons. The van der Waals surface area contributed by atoms with Crippen LogP contribution in [-0.2, 0) is 0 Å². The molecule has 0 spiro atoms. The van der Waals surface area contributed by atoms with Crippen LogP contribution in [0.25, 0.3) is 0 Å². The van der Waals surface area contributed by atoms with Crippen LogP contribution in [0.4, 0.5) is 4.39 Å². The van der Waals surface area contributed by atoms with E-state index < -0.39 is 0 Å². The van der Waals surface area contributed by atoms with Crippen molar-refractivity contribution in [2.75, 3.05) is 26.7 Å². The zero-order valence-corrected chi connectivity index (χ0v) is 10.4. The number of piperidine rings is 1. The summed E-state index contributed by atoms with van der Waals surface area (Å²) in [5.41, 5.74) is 1.12. The first-order valence-corrected chi connectivity index (χ1v) is 6.42. The molecule has 0 aliphatic carbocycles. The first-order valence-electron chi connectivity index (χ1n) is 6.42. The molecule has 0 bridgehead atoms. The Hall–Kier alpha value is -0.930. The lowest BCUT2D eigenvalue weighted by atomic mass is 9.81. The minimum absolute atomic E-state index is 0.132. The summed E-state index contributed by atoms with van der Waals surface area (Å²) in [5, 5.41) is 6.67. The maximum absolute atomic E-state index is 13.3. The van der Waals surface area contributed by atoms with Crippen LogP contribution >= 0.6 is 0 Å². The van der Waals surface area contributed by atoms with Gasteiger partial charge in [-0.2, -0.15) is 0 Å². The molecule has 1 heterocycles. The van der Waals surface area contributed by atoms with Gasteiger partial charge in [-0.3, -0.25) is 0 Å². The Bertz CT molecular complexity index is 348. The Kier molecular flexibility index (Phi) is 4.51. The fourth-order valence-electron chi connectivity index (χ4n) is 2.74. The van der Waals surface area contributed by atoms with Gasteiger partial charge in [0.2, 0.25) is 0 Å². The van der Waals surface area contributed by atoms with Crippen LogP contribution in [0.5, 0.6) is 0 Å². The normalized spacial score (nSPS) is 22.4. The third-order valence-corrected chi connectivity index (χ3v) is 3.60. The molecular weight excluding hydrogens is 215 g/mol.